The van der Waals surface area contributed by atoms with Crippen LogP contribution < -0.4 is 14.4 Å². The molecule has 0 spiro atoms. The average Bonchev–Trinajstić information content (AvgIpc) is 2.82. The van der Waals surface area contributed by atoms with Crippen LogP contribution in [-0.4, -0.2) is 42.7 Å². The minimum absolute atomic E-state index is 0.00883. The van der Waals surface area contributed by atoms with Crippen LogP contribution in [0.2, 0.25) is 5.02 Å². The van der Waals surface area contributed by atoms with Crippen molar-refractivity contribution >= 4 is 43.1 Å². The Morgan fingerprint density at radius 3 is 1.97 bits per heavy atom. The summed E-state index contributed by atoms with van der Waals surface area (Å²) in [4.78, 5) is 13.1. The molecular weight excluding hydrogens is 512 g/mol. The van der Waals surface area contributed by atoms with E-state index in [1.807, 2.05) is 0 Å². The summed E-state index contributed by atoms with van der Waals surface area (Å²) in [6.07, 6.45) is 1.11. The molecule has 0 bridgehead atoms. The Balaban J connectivity index is 1.85. The van der Waals surface area contributed by atoms with Crippen LogP contribution in [-0.2, 0) is 24.7 Å². The third-order valence-corrected chi connectivity index (χ3v) is 8.40. The van der Waals surface area contributed by atoms with Gasteiger partial charge in [0.1, 0.15) is 12.3 Å². The number of hydrogen-bond acceptors (Lipinski definition) is 6. The van der Waals surface area contributed by atoms with E-state index in [-0.39, 0.29) is 15.5 Å². The van der Waals surface area contributed by atoms with Crippen molar-refractivity contribution in [3.63, 3.8) is 0 Å². The monoisotopic (exact) mass is 536 g/mol. The number of hydrogen-bond donors (Lipinski definition) is 1. The van der Waals surface area contributed by atoms with Crippen LogP contribution in [0.15, 0.2) is 82.6 Å². The molecule has 1 atom stereocenters. The number of rotatable bonds is 9. The van der Waals surface area contributed by atoms with E-state index >= 15 is 0 Å². The van der Waals surface area contributed by atoms with E-state index in [1.54, 1.807) is 19.1 Å². The second-order valence-corrected chi connectivity index (χ2v) is 12.1. The fourth-order valence-corrected chi connectivity index (χ4v) is 5.48. The summed E-state index contributed by atoms with van der Waals surface area (Å²) in [5, 5.41) is 3.19. The highest BCUT2D eigenvalue weighted by atomic mass is 35.5. The van der Waals surface area contributed by atoms with E-state index in [0.717, 1.165) is 10.6 Å². The first kappa shape index (κ1) is 26.5. The zero-order valence-electron chi connectivity index (χ0n) is 19.3. The van der Waals surface area contributed by atoms with Crippen LogP contribution in [0.3, 0.4) is 0 Å². The summed E-state index contributed by atoms with van der Waals surface area (Å²) >= 11 is 5.96. The van der Waals surface area contributed by atoms with E-state index in [9.17, 15) is 21.6 Å². The van der Waals surface area contributed by atoms with Gasteiger partial charge in [-0.25, -0.2) is 16.8 Å². The maximum Gasteiger partial charge on any atom is 0.264 e. The van der Waals surface area contributed by atoms with Crippen LogP contribution >= 0.6 is 11.6 Å². The minimum atomic E-state index is -4.10. The summed E-state index contributed by atoms with van der Waals surface area (Å²) in [6.45, 7) is 1.24. The largest absolute Gasteiger partial charge is 0.497 e. The van der Waals surface area contributed by atoms with Gasteiger partial charge in [0.05, 0.1) is 28.6 Å². The van der Waals surface area contributed by atoms with Gasteiger partial charge >= 0.3 is 0 Å². The Kier molecular flexibility index (Phi) is 8.09. The number of sulfone groups is 1. The molecule has 11 heteroatoms. The van der Waals surface area contributed by atoms with E-state index in [4.69, 9.17) is 16.3 Å². The first-order valence-corrected chi connectivity index (χ1v) is 14.1. The second-order valence-electron chi connectivity index (χ2n) is 7.79. The molecule has 3 rings (SSSR count). The fourth-order valence-electron chi connectivity index (χ4n) is 3.30. The van der Waals surface area contributed by atoms with Crippen molar-refractivity contribution in [1.82, 2.24) is 5.32 Å². The van der Waals surface area contributed by atoms with Crippen molar-refractivity contribution < 1.29 is 26.4 Å². The average molecular weight is 537 g/mol. The molecule has 0 aliphatic carbocycles. The number of carbonyl (C=O) groups excluding carboxylic acids is 1. The van der Waals surface area contributed by atoms with Gasteiger partial charge in [-0.1, -0.05) is 23.7 Å². The van der Waals surface area contributed by atoms with Gasteiger partial charge in [0.2, 0.25) is 5.91 Å². The maximum atomic E-state index is 13.5. The summed E-state index contributed by atoms with van der Waals surface area (Å²) in [5.41, 5.74) is 0.937. The highest BCUT2D eigenvalue weighted by Gasteiger charge is 2.28. The van der Waals surface area contributed by atoms with E-state index in [1.165, 1.54) is 67.8 Å². The van der Waals surface area contributed by atoms with Gasteiger partial charge < -0.3 is 10.1 Å². The molecule has 0 aromatic heterocycles. The minimum Gasteiger partial charge on any atom is -0.497 e. The van der Waals surface area contributed by atoms with Gasteiger partial charge in [0, 0.05) is 11.3 Å². The molecule has 0 fully saturated rings. The lowest BCUT2D eigenvalue weighted by atomic mass is 10.1. The molecule has 1 N–H and O–H groups in total. The fraction of sp³-hybridized carbons (Fsp3) is 0.208. The van der Waals surface area contributed by atoms with E-state index in [2.05, 4.69) is 5.32 Å². The van der Waals surface area contributed by atoms with Crippen LogP contribution in [0, 0.1) is 0 Å². The summed E-state index contributed by atoms with van der Waals surface area (Å²) in [5.74, 6) is -0.0489. The third kappa shape index (κ3) is 6.53. The smallest absolute Gasteiger partial charge is 0.264 e. The standard InChI is InChI=1S/C24H25ClN2O6S2/c1-17(18-4-12-22(13-5-18)34(3,29)30)26-24(28)16-27(20-8-6-19(25)7-9-20)35(31,32)23-14-10-21(33-2)11-15-23/h4-15,17H,16H2,1-3H3,(H,26,28)/t17-/m1/s1. The molecule has 0 aliphatic heterocycles. The van der Waals surface area contributed by atoms with Crippen molar-refractivity contribution in [3.05, 3.63) is 83.4 Å². The molecule has 1 amide bonds. The van der Waals surface area contributed by atoms with Gasteiger partial charge in [-0.3, -0.25) is 9.10 Å². The number of nitrogens with one attached hydrogen (secondary N) is 1. The molecule has 186 valence electrons. The molecule has 3 aromatic carbocycles. The van der Waals surface area contributed by atoms with Crippen LogP contribution in [0.25, 0.3) is 0 Å². The normalized spacial score (nSPS) is 12.6. The van der Waals surface area contributed by atoms with Crippen molar-refractivity contribution in [2.24, 2.45) is 0 Å². The number of halogens is 1. The van der Waals surface area contributed by atoms with Crippen molar-refractivity contribution in [3.8, 4) is 5.75 Å². The quantitative estimate of drug-likeness (QED) is 0.445. The summed E-state index contributed by atoms with van der Waals surface area (Å²) in [6, 6.07) is 17.6. The maximum absolute atomic E-state index is 13.5. The highest BCUT2D eigenvalue weighted by molar-refractivity contribution is 7.93. The van der Waals surface area contributed by atoms with Crippen LogP contribution in [0.4, 0.5) is 5.69 Å². The lowest BCUT2D eigenvalue weighted by Crippen LogP contribution is -2.41. The van der Waals surface area contributed by atoms with E-state index < -0.39 is 38.4 Å². The molecule has 0 saturated heterocycles. The predicted molar refractivity (Wildman–Crippen MR) is 135 cm³/mol. The molecule has 0 saturated carbocycles. The zero-order chi connectivity index (χ0) is 25.8. The van der Waals surface area contributed by atoms with Crippen molar-refractivity contribution in [2.75, 3.05) is 24.2 Å². The van der Waals surface area contributed by atoms with Crippen LogP contribution in [0.1, 0.15) is 18.5 Å². The zero-order valence-corrected chi connectivity index (χ0v) is 21.7. The van der Waals surface area contributed by atoms with Crippen molar-refractivity contribution in [2.45, 2.75) is 22.8 Å². The highest BCUT2D eigenvalue weighted by Crippen LogP contribution is 2.26. The van der Waals surface area contributed by atoms with Gasteiger partial charge in [0.25, 0.3) is 10.0 Å². The van der Waals surface area contributed by atoms with Gasteiger partial charge in [-0.2, -0.15) is 0 Å². The number of anilines is 1. The first-order valence-electron chi connectivity index (χ1n) is 10.4. The number of carbonyl (C=O) groups is 1. The SMILES string of the molecule is COc1ccc(S(=O)(=O)N(CC(=O)N[C@H](C)c2ccc(S(C)(=O)=O)cc2)c2ccc(Cl)cc2)cc1. The molecule has 0 aliphatic rings. The number of amides is 1. The Morgan fingerprint density at radius 2 is 1.46 bits per heavy atom. The van der Waals surface area contributed by atoms with Gasteiger partial charge in [0.15, 0.2) is 9.84 Å². The molecule has 0 unspecified atom stereocenters. The second kappa shape index (κ2) is 10.7. The summed E-state index contributed by atoms with van der Waals surface area (Å²) in [7, 11) is -5.97. The Morgan fingerprint density at radius 1 is 0.914 bits per heavy atom. The third-order valence-electron chi connectivity index (χ3n) is 5.24. The Bertz CT molecular complexity index is 1390. The molecule has 3 aromatic rings. The molecule has 8 nitrogen and oxygen atoms in total. The number of sulfonamides is 1. The van der Waals surface area contributed by atoms with Gasteiger partial charge in [-0.15, -0.1) is 0 Å². The number of benzene rings is 3. The summed E-state index contributed by atoms with van der Waals surface area (Å²) < 4.78 is 56.3. The van der Waals surface area contributed by atoms with Gasteiger partial charge in [-0.05, 0) is 73.2 Å². The van der Waals surface area contributed by atoms with Crippen molar-refractivity contribution in [1.29, 1.82) is 0 Å². The first-order chi connectivity index (χ1) is 16.4. The Labute approximate surface area is 210 Å². The predicted octanol–water partition coefficient (Wildman–Crippen LogP) is 3.82. The van der Waals surface area contributed by atoms with Crippen LogP contribution in [0.5, 0.6) is 5.75 Å². The van der Waals surface area contributed by atoms with E-state index in [0.29, 0.717) is 16.3 Å². The molecular formula is C24H25ClN2O6S2. The number of nitrogens with zero attached hydrogens (tertiary/aromatic N) is 1. The number of ether oxygens (including phenoxy) is 1. The lowest BCUT2D eigenvalue weighted by Gasteiger charge is -2.25. The number of methoxy groups -OCH3 is 1. The molecule has 35 heavy (non-hydrogen) atoms. The molecule has 0 heterocycles. The Hall–Kier alpha value is -3.08. The molecule has 0 radical (unpaired) electrons. The topological polar surface area (TPSA) is 110 Å². The lowest BCUT2D eigenvalue weighted by molar-refractivity contribution is -0.120.